The van der Waals surface area contributed by atoms with Gasteiger partial charge in [-0.05, 0) is 61.8 Å². The predicted molar refractivity (Wildman–Crippen MR) is 114 cm³/mol. The second kappa shape index (κ2) is 8.29. The number of carbonyl (C=O) groups is 4. The van der Waals surface area contributed by atoms with Crippen LogP contribution in [0, 0.1) is 29.6 Å². The second-order valence-electron chi connectivity index (χ2n) is 8.98. The van der Waals surface area contributed by atoms with Crippen LogP contribution in [0.3, 0.4) is 0 Å². The molecular weight excluding hydrogens is 396 g/mol. The molecule has 7 heteroatoms. The van der Waals surface area contributed by atoms with Crippen LogP contribution in [0.25, 0.3) is 0 Å². The molecule has 7 nitrogen and oxygen atoms in total. The van der Waals surface area contributed by atoms with Gasteiger partial charge in [-0.2, -0.15) is 0 Å². The van der Waals surface area contributed by atoms with Crippen molar-refractivity contribution < 1.29 is 23.9 Å². The van der Waals surface area contributed by atoms with Gasteiger partial charge in [0.05, 0.1) is 24.0 Å². The normalized spacial score (nSPS) is 27.0. The molecule has 5 atom stereocenters. The largest absolute Gasteiger partial charge is 0.462 e. The monoisotopic (exact) mass is 424 g/mol. The Hall–Kier alpha value is -2.96. The van der Waals surface area contributed by atoms with Gasteiger partial charge in [-0.15, -0.1) is 0 Å². The van der Waals surface area contributed by atoms with E-state index in [0.29, 0.717) is 17.7 Å². The Bertz CT molecular complexity index is 906. The zero-order valence-electron chi connectivity index (χ0n) is 18.0. The summed E-state index contributed by atoms with van der Waals surface area (Å²) in [5.41, 5.74) is 0.882. The van der Waals surface area contributed by atoms with Crippen molar-refractivity contribution >= 4 is 29.4 Å². The van der Waals surface area contributed by atoms with Gasteiger partial charge in [-0.3, -0.25) is 19.3 Å². The van der Waals surface area contributed by atoms with Crippen LogP contribution in [-0.4, -0.2) is 41.2 Å². The van der Waals surface area contributed by atoms with E-state index in [-0.39, 0.29) is 53.9 Å². The van der Waals surface area contributed by atoms with Crippen LogP contribution >= 0.6 is 0 Å². The fourth-order valence-electron chi connectivity index (χ4n) is 5.14. The molecule has 1 aromatic rings. The molecule has 2 bridgehead atoms. The van der Waals surface area contributed by atoms with E-state index < -0.39 is 12.0 Å². The maximum Gasteiger partial charge on any atom is 0.338 e. The van der Waals surface area contributed by atoms with E-state index in [1.54, 1.807) is 31.2 Å². The number of ether oxygens (including phenoxy) is 1. The van der Waals surface area contributed by atoms with Crippen molar-refractivity contribution in [3.05, 3.63) is 42.0 Å². The van der Waals surface area contributed by atoms with Crippen molar-refractivity contribution in [2.45, 2.75) is 39.7 Å². The Morgan fingerprint density at radius 1 is 1.06 bits per heavy atom. The van der Waals surface area contributed by atoms with E-state index in [0.717, 1.165) is 6.42 Å². The number of nitrogens with one attached hydrogen (secondary N) is 1. The fraction of sp³-hybridized carbons (Fsp3) is 0.500. The molecule has 4 rings (SSSR count). The highest BCUT2D eigenvalue weighted by atomic mass is 16.5. The van der Waals surface area contributed by atoms with Gasteiger partial charge in [0.2, 0.25) is 17.7 Å². The summed E-state index contributed by atoms with van der Waals surface area (Å²) < 4.78 is 4.97. The topological polar surface area (TPSA) is 92.8 Å². The van der Waals surface area contributed by atoms with E-state index in [4.69, 9.17) is 4.74 Å². The third-order valence-electron chi connectivity index (χ3n) is 6.48. The van der Waals surface area contributed by atoms with E-state index >= 15 is 0 Å². The number of hydrogen-bond acceptors (Lipinski definition) is 5. The zero-order valence-corrected chi connectivity index (χ0v) is 18.0. The lowest BCUT2D eigenvalue weighted by molar-refractivity contribution is -0.147. The van der Waals surface area contributed by atoms with Gasteiger partial charge in [0.1, 0.15) is 6.04 Å². The fourth-order valence-corrected chi connectivity index (χ4v) is 5.14. The number of benzene rings is 1. The Kier molecular flexibility index (Phi) is 5.69. The van der Waals surface area contributed by atoms with Gasteiger partial charge in [-0.25, -0.2) is 4.79 Å². The molecule has 1 N–H and O–H groups in total. The number of amides is 3. The lowest BCUT2D eigenvalue weighted by Crippen LogP contribution is -2.49. The van der Waals surface area contributed by atoms with Gasteiger partial charge in [-0.1, -0.05) is 26.0 Å². The van der Waals surface area contributed by atoms with Crippen LogP contribution in [0.2, 0.25) is 0 Å². The first-order chi connectivity index (χ1) is 14.8. The molecule has 2 fully saturated rings. The Balaban J connectivity index is 1.52. The number of allylic oxidation sites excluding steroid dienone is 2. The predicted octanol–water partition coefficient (Wildman–Crippen LogP) is 3.02. The van der Waals surface area contributed by atoms with E-state index in [2.05, 4.69) is 5.32 Å². The molecule has 1 saturated heterocycles. The Morgan fingerprint density at radius 3 is 2.16 bits per heavy atom. The van der Waals surface area contributed by atoms with Crippen LogP contribution in [0.5, 0.6) is 0 Å². The summed E-state index contributed by atoms with van der Waals surface area (Å²) in [6.07, 6.45) is 5.34. The highest BCUT2D eigenvalue weighted by Crippen LogP contribution is 2.53. The average molecular weight is 424 g/mol. The average Bonchev–Trinajstić information content (AvgIpc) is 3.41. The van der Waals surface area contributed by atoms with Gasteiger partial charge >= 0.3 is 5.97 Å². The van der Waals surface area contributed by atoms with Crippen LogP contribution in [0.1, 0.15) is 44.0 Å². The van der Waals surface area contributed by atoms with Crippen molar-refractivity contribution in [1.29, 1.82) is 0 Å². The van der Waals surface area contributed by atoms with Crippen LogP contribution in [-0.2, 0) is 19.1 Å². The minimum absolute atomic E-state index is 0.106. The molecule has 1 saturated carbocycles. The van der Waals surface area contributed by atoms with Gasteiger partial charge in [0.15, 0.2) is 0 Å². The molecule has 0 spiro atoms. The molecule has 164 valence electrons. The number of rotatable bonds is 7. The number of hydrogen-bond donors (Lipinski definition) is 1. The van der Waals surface area contributed by atoms with Crippen molar-refractivity contribution in [3.8, 4) is 0 Å². The van der Waals surface area contributed by atoms with Crippen molar-refractivity contribution in [2.24, 2.45) is 29.6 Å². The van der Waals surface area contributed by atoms with Gasteiger partial charge in [0.25, 0.3) is 0 Å². The molecule has 1 aliphatic heterocycles. The SMILES string of the molecule is CCOC(=O)c1ccc(NC(=O)[C@H](CC(C)C)N2C(=O)[C@@H]3[C@@H](C2=O)[C@H]2C=C[C@H]3C2)cc1. The maximum atomic E-state index is 13.2. The summed E-state index contributed by atoms with van der Waals surface area (Å²) in [4.78, 5) is 52.6. The van der Waals surface area contributed by atoms with Gasteiger partial charge in [0, 0.05) is 5.69 Å². The summed E-state index contributed by atoms with van der Waals surface area (Å²) in [6, 6.07) is 5.53. The van der Waals surface area contributed by atoms with Crippen LogP contribution in [0.4, 0.5) is 5.69 Å². The first kappa shape index (κ1) is 21.3. The second-order valence-corrected chi connectivity index (χ2v) is 8.98. The number of imide groups is 1. The first-order valence-electron chi connectivity index (χ1n) is 10.9. The standard InChI is InChI=1S/C24H28N2O5/c1-4-31-24(30)14-7-9-17(10-8-14)25-21(27)18(11-13(2)3)26-22(28)19-15-5-6-16(12-15)20(19)23(26)29/h5-10,13,15-16,18-20H,4,11-12H2,1-3H3,(H,25,27)/t15-,16-,18-,19-,20-/m0/s1. The lowest BCUT2D eigenvalue weighted by Gasteiger charge is -2.28. The van der Waals surface area contributed by atoms with Gasteiger partial charge < -0.3 is 10.1 Å². The quantitative estimate of drug-likeness (QED) is 0.413. The summed E-state index contributed by atoms with van der Waals surface area (Å²) in [6.45, 7) is 5.94. The Morgan fingerprint density at radius 2 is 1.65 bits per heavy atom. The van der Waals surface area contributed by atoms with Crippen molar-refractivity contribution in [2.75, 3.05) is 11.9 Å². The highest BCUT2D eigenvalue weighted by molar-refractivity contribution is 6.10. The smallest absolute Gasteiger partial charge is 0.338 e. The minimum atomic E-state index is -0.852. The van der Waals surface area contributed by atoms with E-state index in [1.807, 2.05) is 26.0 Å². The zero-order chi connectivity index (χ0) is 22.3. The number of fused-ring (bicyclic) bond motifs is 5. The summed E-state index contributed by atoms with van der Waals surface area (Å²) >= 11 is 0. The van der Waals surface area contributed by atoms with Crippen LogP contribution < -0.4 is 5.32 Å². The highest BCUT2D eigenvalue weighted by Gasteiger charge is 2.61. The molecule has 1 aromatic carbocycles. The molecule has 0 radical (unpaired) electrons. The van der Waals surface area contributed by atoms with Crippen LogP contribution in [0.15, 0.2) is 36.4 Å². The molecule has 3 aliphatic rings. The van der Waals surface area contributed by atoms with Crippen molar-refractivity contribution in [1.82, 2.24) is 4.90 Å². The lowest BCUT2D eigenvalue weighted by atomic mass is 9.85. The van der Waals surface area contributed by atoms with E-state index in [9.17, 15) is 19.2 Å². The number of anilines is 1. The molecule has 2 aliphatic carbocycles. The number of likely N-dealkylation sites (tertiary alicyclic amines) is 1. The molecular formula is C24H28N2O5. The number of nitrogens with zero attached hydrogens (tertiary/aromatic N) is 1. The number of esters is 1. The summed E-state index contributed by atoms with van der Waals surface area (Å²) in [5.74, 6) is -1.57. The minimum Gasteiger partial charge on any atom is -0.462 e. The summed E-state index contributed by atoms with van der Waals surface area (Å²) in [5, 5.41) is 2.81. The maximum absolute atomic E-state index is 13.2. The molecule has 1 heterocycles. The molecule has 0 aromatic heterocycles. The summed E-state index contributed by atoms with van der Waals surface area (Å²) in [7, 11) is 0. The van der Waals surface area contributed by atoms with E-state index in [1.165, 1.54) is 4.90 Å². The Labute approximate surface area is 181 Å². The third-order valence-corrected chi connectivity index (χ3v) is 6.48. The third kappa shape index (κ3) is 3.77. The molecule has 31 heavy (non-hydrogen) atoms. The number of carbonyl (C=O) groups excluding carboxylic acids is 4. The first-order valence-corrected chi connectivity index (χ1v) is 10.9. The molecule has 3 amide bonds. The van der Waals surface area contributed by atoms with Crippen molar-refractivity contribution in [3.63, 3.8) is 0 Å². The molecule has 0 unspecified atom stereocenters.